The van der Waals surface area contributed by atoms with Gasteiger partial charge < -0.3 is 5.73 Å². The Bertz CT molecular complexity index is 458. The van der Waals surface area contributed by atoms with E-state index in [1.54, 1.807) is 5.57 Å². The predicted molar refractivity (Wildman–Crippen MR) is 85.8 cm³/mol. The maximum atomic E-state index is 5.97. The lowest BCUT2D eigenvalue weighted by Gasteiger charge is -2.09. The van der Waals surface area contributed by atoms with E-state index in [2.05, 4.69) is 38.7 Å². The Hall–Kier alpha value is -1.50. The van der Waals surface area contributed by atoms with Crippen LogP contribution >= 0.6 is 0 Å². The van der Waals surface area contributed by atoms with Crippen LogP contribution in [0.5, 0.6) is 0 Å². The second-order valence-electron chi connectivity index (χ2n) is 5.46. The van der Waals surface area contributed by atoms with Crippen molar-refractivity contribution in [1.82, 2.24) is 0 Å². The minimum absolute atomic E-state index is 0.832. The van der Waals surface area contributed by atoms with E-state index in [0.29, 0.717) is 0 Å². The summed E-state index contributed by atoms with van der Waals surface area (Å²) < 4.78 is 0. The largest absolute Gasteiger partial charge is 0.402 e. The minimum atomic E-state index is 0.832. The molecule has 2 N–H and O–H groups in total. The summed E-state index contributed by atoms with van der Waals surface area (Å²) in [5.74, 6) is 0. The molecule has 1 rings (SSSR count). The van der Waals surface area contributed by atoms with Crippen molar-refractivity contribution >= 4 is 0 Å². The van der Waals surface area contributed by atoms with Crippen molar-refractivity contribution in [3.05, 3.63) is 58.4 Å². The molecule has 0 atom stereocenters. The van der Waals surface area contributed by atoms with Crippen molar-refractivity contribution in [2.24, 2.45) is 5.73 Å². The molecule has 0 unspecified atom stereocenters. The van der Waals surface area contributed by atoms with E-state index < -0.39 is 0 Å². The third kappa shape index (κ3) is 4.59. The molecule has 0 saturated heterocycles. The normalized spacial score (nSPS) is 18.4. The second-order valence-corrected chi connectivity index (χ2v) is 5.46. The van der Waals surface area contributed by atoms with Crippen LogP contribution in [0.3, 0.4) is 0 Å². The highest BCUT2D eigenvalue weighted by Gasteiger charge is 2.09. The van der Waals surface area contributed by atoms with Gasteiger partial charge in [0, 0.05) is 5.70 Å². The molecule has 104 valence electrons. The molecule has 1 aliphatic rings. The average molecular weight is 257 g/mol. The Morgan fingerprint density at radius 2 is 1.74 bits per heavy atom. The monoisotopic (exact) mass is 257 g/mol. The predicted octanol–water partition coefficient (Wildman–Crippen LogP) is 5.19. The summed E-state index contributed by atoms with van der Waals surface area (Å²) in [6.45, 7) is 12.2. The van der Waals surface area contributed by atoms with Crippen LogP contribution in [0.4, 0.5) is 0 Å². The van der Waals surface area contributed by atoms with E-state index in [9.17, 15) is 0 Å². The van der Waals surface area contributed by atoms with Crippen molar-refractivity contribution in [2.75, 3.05) is 0 Å². The highest BCUT2D eigenvalue weighted by Crippen LogP contribution is 2.28. The summed E-state index contributed by atoms with van der Waals surface area (Å²) in [6, 6.07) is 0. The molecule has 0 amide bonds. The van der Waals surface area contributed by atoms with Gasteiger partial charge in [-0.05, 0) is 81.7 Å². The van der Waals surface area contributed by atoms with Crippen LogP contribution < -0.4 is 5.73 Å². The molecule has 0 bridgehead atoms. The zero-order chi connectivity index (χ0) is 14.4. The fraction of sp³-hybridized carbons (Fsp3) is 0.444. The van der Waals surface area contributed by atoms with Gasteiger partial charge in [0.2, 0.25) is 0 Å². The molecule has 1 saturated carbocycles. The van der Waals surface area contributed by atoms with E-state index in [1.165, 1.54) is 36.8 Å². The number of hydrogen-bond donors (Lipinski definition) is 1. The standard InChI is InChI=1S/C18H27N/c1-6-14(4)17(11-16-9-7-8-10-16)12-18(13(2)3)15(5)19/h6,11-12H,2,7-10,19H2,1,3-5H3/b14-6-,17-12-,18-15+. The van der Waals surface area contributed by atoms with Crippen LogP contribution in [-0.2, 0) is 0 Å². The lowest BCUT2D eigenvalue weighted by Crippen LogP contribution is -1.98. The lowest BCUT2D eigenvalue weighted by molar-refractivity contribution is 0.886. The molecular weight excluding hydrogens is 230 g/mol. The van der Waals surface area contributed by atoms with Crippen molar-refractivity contribution < 1.29 is 0 Å². The van der Waals surface area contributed by atoms with Gasteiger partial charge in [0.1, 0.15) is 0 Å². The van der Waals surface area contributed by atoms with E-state index in [-0.39, 0.29) is 0 Å². The Kier molecular flexibility index (Phi) is 5.88. The summed E-state index contributed by atoms with van der Waals surface area (Å²) in [7, 11) is 0. The first kappa shape index (κ1) is 15.6. The molecule has 19 heavy (non-hydrogen) atoms. The molecular formula is C18H27N. The number of nitrogens with two attached hydrogens (primary N) is 1. The van der Waals surface area contributed by atoms with Crippen LogP contribution in [0.2, 0.25) is 0 Å². The zero-order valence-corrected chi connectivity index (χ0v) is 12.8. The second kappa shape index (κ2) is 7.18. The van der Waals surface area contributed by atoms with Crippen LogP contribution in [-0.4, -0.2) is 0 Å². The van der Waals surface area contributed by atoms with Crippen LogP contribution in [0.1, 0.15) is 53.4 Å². The molecule has 1 aliphatic carbocycles. The summed E-state index contributed by atoms with van der Waals surface area (Å²) >= 11 is 0. The number of hydrogen-bond acceptors (Lipinski definition) is 1. The highest BCUT2D eigenvalue weighted by molar-refractivity contribution is 5.50. The molecule has 0 aromatic rings. The average Bonchev–Trinajstić information content (AvgIpc) is 2.85. The third-order valence-electron chi connectivity index (χ3n) is 3.68. The maximum Gasteiger partial charge on any atom is 0.0125 e. The van der Waals surface area contributed by atoms with E-state index in [0.717, 1.165) is 16.8 Å². The first-order chi connectivity index (χ1) is 8.95. The molecule has 0 radical (unpaired) electrons. The van der Waals surface area contributed by atoms with E-state index in [1.807, 2.05) is 13.8 Å². The maximum absolute atomic E-state index is 5.97. The molecule has 0 heterocycles. The van der Waals surface area contributed by atoms with Gasteiger partial charge in [-0.3, -0.25) is 0 Å². The smallest absolute Gasteiger partial charge is 0.0125 e. The van der Waals surface area contributed by atoms with Gasteiger partial charge in [-0.2, -0.15) is 0 Å². The Balaban J connectivity index is 3.20. The lowest BCUT2D eigenvalue weighted by atomic mass is 9.97. The Morgan fingerprint density at radius 1 is 1.16 bits per heavy atom. The van der Waals surface area contributed by atoms with Crippen LogP contribution in [0.15, 0.2) is 58.4 Å². The van der Waals surface area contributed by atoms with Gasteiger partial charge in [0.25, 0.3) is 0 Å². The van der Waals surface area contributed by atoms with Crippen molar-refractivity contribution in [2.45, 2.75) is 53.4 Å². The quantitative estimate of drug-likeness (QED) is 0.689. The Morgan fingerprint density at radius 3 is 2.16 bits per heavy atom. The topological polar surface area (TPSA) is 26.0 Å². The van der Waals surface area contributed by atoms with Gasteiger partial charge >= 0.3 is 0 Å². The van der Waals surface area contributed by atoms with Crippen molar-refractivity contribution in [3.63, 3.8) is 0 Å². The molecule has 0 spiro atoms. The number of rotatable bonds is 4. The van der Waals surface area contributed by atoms with E-state index in [4.69, 9.17) is 5.73 Å². The van der Waals surface area contributed by atoms with Gasteiger partial charge in [-0.15, -0.1) is 0 Å². The van der Waals surface area contributed by atoms with Crippen molar-refractivity contribution in [3.8, 4) is 0 Å². The van der Waals surface area contributed by atoms with Gasteiger partial charge in [0.15, 0.2) is 0 Å². The SMILES string of the molecule is C=C(C)C(/C=C(C=C1CCCC1)\C(C)=C/C)=C(\C)N. The third-order valence-corrected chi connectivity index (χ3v) is 3.68. The summed E-state index contributed by atoms with van der Waals surface area (Å²) in [4.78, 5) is 0. The molecule has 0 aliphatic heterocycles. The van der Waals surface area contributed by atoms with Gasteiger partial charge in [0.05, 0.1) is 0 Å². The fourth-order valence-electron chi connectivity index (χ4n) is 2.36. The molecule has 1 heteroatoms. The van der Waals surface area contributed by atoms with Crippen molar-refractivity contribution in [1.29, 1.82) is 0 Å². The summed E-state index contributed by atoms with van der Waals surface area (Å²) in [6.07, 6.45) is 11.8. The Labute approximate surface area is 118 Å². The van der Waals surface area contributed by atoms with Crippen LogP contribution in [0.25, 0.3) is 0 Å². The van der Waals surface area contributed by atoms with Gasteiger partial charge in [-0.1, -0.05) is 24.3 Å². The molecule has 0 aromatic carbocycles. The molecule has 1 nitrogen and oxygen atoms in total. The summed E-state index contributed by atoms with van der Waals surface area (Å²) in [5.41, 5.74) is 13.0. The first-order valence-electron chi connectivity index (χ1n) is 7.12. The van der Waals surface area contributed by atoms with E-state index >= 15 is 0 Å². The van der Waals surface area contributed by atoms with Gasteiger partial charge in [-0.25, -0.2) is 0 Å². The zero-order valence-electron chi connectivity index (χ0n) is 12.8. The highest BCUT2D eigenvalue weighted by atomic mass is 14.6. The fourth-order valence-corrected chi connectivity index (χ4v) is 2.36. The molecule has 0 aromatic heterocycles. The minimum Gasteiger partial charge on any atom is -0.402 e. The first-order valence-corrected chi connectivity index (χ1v) is 7.12. The molecule has 1 fully saturated rings. The number of allylic oxidation sites excluding steroid dienone is 9. The summed E-state index contributed by atoms with van der Waals surface area (Å²) in [5, 5.41) is 0. The van der Waals surface area contributed by atoms with Crippen LogP contribution in [0, 0.1) is 0 Å².